The van der Waals surface area contributed by atoms with Crippen LogP contribution in [0.5, 0.6) is 0 Å². The number of benzene rings is 7. The maximum atomic E-state index is 6.86. The van der Waals surface area contributed by atoms with Gasteiger partial charge in [0.15, 0.2) is 5.58 Å². The van der Waals surface area contributed by atoms with Crippen LogP contribution < -0.4 is 0 Å². The molecule has 0 saturated heterocycles. The van der Waals surface area contributed by atoms with Crippen LogP contribution in [0, 0.1) is 0 Å². The van der Waals surface area contributed by atoms with E-state index in [2.05, 4.69) is 162 Å². The lowest BCUT2D eigenvalue weighted by Crippen LogP contribution is -1.94. The van der Waals surface area contributed by atoms with Crippen LogP contribution in [0.4, 0.5) is 0 Å². The topological polar surface area (TPSA) is 31.0 Å². The number of nitrogens with zero attached hydrogens (tertiary/aromatic N) is 2. The van der Waals surface area contributed by atoms with Crippen molar-refractivity contribution in [1.82, 2.24) is 9.55 Å². The van der Waals surface area contributed by atoms with E-state index in [1.807, 2.05) is 11.3 Å². The average molecular weight is 643 g/mol. The standard InChI is InChI=1S/C45H26N2OS/c1-2-11-27(12-3-1)35-26-37(46-36-17-7-4-13-29(35)36)28-21-22-30-32-16-10-19-40(44(32)48-41(30)25-28)47-38-18-8-5-15-34(38)43-39(47)24-23-33-31-14-6-9-20-42(31)49-45(33)43/h1-26H. The number of rotatable bonds is 3. The Labute approximate surface area is 284 Å². The van der Waals surface area contributed by atoms with Crippen LogP contribution in [0.3, 0.4) is 0 Å². The van der Waals surface area contributed by atoms with Gasteiger partial charge in [0.1, 0.15) is 5.58 Å². The first-order valence-electron chi connectivity index (χ1n) is 16.5. The normalized spacial score (nSPS) is 12.1. The quantitative estimate of drug-likeness (QED) is 0.192. The fraction of sp³-hybridized carbons (Fsp3) is 0. The number of pyridine rings is 1. The van der Waals surface area contributed by atoms with Crippen molar-refractivity contribution in [2.24, 2.45) is 0 Å². The third kappa shape index (κ3) is 3.86. The molecule has 4 aromatic heterocycles. The molecule has 4 heterocycles. The Bertz CT molecular complexity index is 3110. The van der Waals surface area contributed by atoms with E-state index in [9.17, 15) is 0 Å². The molecule has 0 aliphatic heterocycles. The molecule has 228 valence electrons. The average Bonchev–Trinajstić information content (AvgIpc) is 3.84. The second-order valence-corrected chi connectivity index (χ2v) is 13.7. The van der Waals surface area contributed by atoms with Crippen LogP contribution in [-0.2, 0) is 0 Å². The van der Waals surface area contributed by atoms with Crippen molar-refractivity contribution in [3.8, 4) is 28.1 Å². The Morgan fingerprint density at radius 2 is 1.27 bits per heavy atom. The van der Waals surface area contributed by atoms with Gasteiger partial charge in [-0.1, -0.05) is 109 Å². The summed E-state index contributed by atoms with van der Waals surface area (Å²) in [6.07, 6.45) is 0. The number of aromatic nitrogens is 2. The molecule has 0 N–H and O–H groups in total. The fourth-order valence-electron chi connectivity index (χ4n) is 7.79. The Hall–Kier alpha value is -6.23. The van der Waals surface area contributed by atoms with Gasteiger partial charge < -0.3 is 8.98 Å². The SMILES string of the molecule is c1ccc(-c2cc(-c3ccc4c(c3)oc3c(-n5c6ccccc6c6c7sc8ccccc8c7ccc65)cccc34)nc3ccccc23)cc1. The fourth-order valence-corrected chi connectivity index (χ4v) is 9.05. The van der Waals surface area contributed by atoms with E-state index in [4.69, 9.17) is 9.40 Å². The van der Waals surface area contributed by atoms with Gasteiger partial charge in [-0.2, -0.15) is 0 Å². The number of thiophene rings is 1. The van der Waals surface area contributed by atoms with E-state index in [1.165, 1.54) is 53.1 Å². The van der Waals surface area contributed by atoms with E-state index < -0.39 is 0 Å². The highest BCUT2D eigenvalue weighted by Crippen LogP contribution is 2.45. The van der Waals surface area contributed by atoms with Crippen LogP contribution in [0.25, 0.3) is 103 Å². The number of fused-ring (bicyclic) bond motifs is 11. The van der Waals surface area contributed by atoms with E-state index >= 15 is 0 Å². The van der Waals surface area contributed by atoms with Crippen molar-refractivity contribution >= 4 is 86.2 Å². The van der Waals surface area contributed by atoms with Crippen LogP contribution in [0.1, 0.15) is 0 Å². The summed E-state index contributed by atoms with van der Waals surface area (Å²) in [5, 5.41) is 8.51. The Morgan fingerprint density at radius 3 is 2.18 bits per heavy atom. The van der Waals surface area contributed by atoms with Gasteiger partial charge >= 0.3 is 0 Å². The summed E-state index contributed by atoms with van der Waals surface area (Å²) in [5.74, 6) is 0. The summed E-state index contributed by atoms with van der Waals surface area (Å²) in [4.78, 5) is 5.11. The molecular formula is C45H26N2OS. The Balaban J connectivity index is 1.14. The van der Waals surface area contributed by atoms with Gasteiger partial charge in [-0.25, -0.2) is 4.98 Å². The molecule has 0 saturated carbocycles. The van der Waals surface area contributed by atoms with Crippen LogP contribution in [0.2, 0.25) is 0 Å². The molecule has 0 fully saturated rings. The zero-order valence-electron chi connectivity index (χ0n) is 26.2. The zero-order valence-corrected chi connectivity index (χ0v) is 27.0. The predicted molar refractivity (Wildman–Crippen MR) is 207 cm³/mol. The summed E-state index contributed by atoms with van der Waals surface area (Å²) in [5.41, 5.74) is 10.4. The van der Waals surface area contributed by atoms with Crippen molar-refractivity contribution in [1.29, 1.82) is 0 Å². The minimum Gasteiger partial charge on any atom is -0.454 e. The maximum absolute atomic E-state index is 6.86. The number of hydrogen-bond acceptors (Lipinski definition) is 3. The molecule has 49 heavy (non-hydrogen) atoms. The molecule has 0 unspecified atom stereocenters. The zero-order chi connectivity index (χ0) is 32.1. The second-order valence-electron chi connectivity index (χ2n) is 12.7. The molecule has 0 aliphatic rings. The molecule has 0 spiro atoms. The summed E-state index contributed by atoms with van der Waals surface area (Å²) in [6, 6.07) is 56.2. The van der Waals surface area contributed by atoms with E-state index in [1.54, 1.807) is 0 Å². The maximum Gasteiger partial charge on any atom is 0.159 e. The van der Waals surface area contributed by atoms with E-state index in [0.29, 0.717) is 0 Å². The lowest BCUT2D eigenvalue weighted by molar-refractivity contribution is 0.666. The molecule has 11 aromatic rings. The van der Waals surface area contributed by atoms with Crippen molar-refractivity contribution in [2.45, 2.75) is 0 Å². The highest BCUT2D eigenvalue weighted by molar-refractivity contribution is 7.26. The van der Waals surface area contributed by atoms with Gasteiger partial charge in [0.2, 0.25) is 0 Å². The minimum atomic E-state index is 0.851. The lowest BCUT2D eigenvalue weighted by Gasteiger charge is -2.10. The molecule has 0 aliphatic carbocycles. The number of para-hydroxylation sites is 3. The van der Waals surface area contributed by atoms with Gasteiger partial charge in [-0.3, -0.25) is 0 Å². The molecule has 0 radical (unpaired) electrons. The molecular weight excluding hydrogens is 617 g/mol. The second kappa shape index (κ2) is 10.1. The monoisotopic (exact) mass is 642 g/mol. The van der Waals surface area contributed by atoms with Crippen LogP contribution >= 0.6 is 11.3 Å². The lowest BCUT2D eigenvalue weighted by atomic mass is 9.98. The minimum absolute atomic E-state index is 0.851. The summed E-state index contributed by atoms with van der Waals surface area (Å²) in [6.45, 7) is 0. The van der Waals surface area contributed by atoms with Gasteiger partial charge in [-0.05, 0) is 59.7 Å². The first-order chi connectivity index (χ1) is 24.3. The van der Waals surface area contributed by atoms with E-state index in [-0.39, 0.29) is 0 Å². The number of hydrogen-bond donors (Lipinski definition) is 0. The largest absolute Gasteiger partial charge is 0.454 e. The Morgan fingerprint density at radius 1 is 0.510 bits per heavy atom. The molecule has 7 aromatic carbocycles. The molecule has 0 bridgehead atoms. The summed E-state index contributed by atoms with van der Waals surface area (Å²) < 4.78 is 11.9. The molecule has 3 nitrogen and oxygen atoms in total. The van der Waals surface area contributed by atoms with Crippen molar-refractivity contribution in [3.05, 3.63) is 158 Å². The number of furan rings is 1. The Kier molecular flexibility index (Phi) is 5.54. The third-order valence-corrected chi connectivity index (χ3v) is 11.2. The first-order valence-corrected chi connectivity index (χ1v) is 17.4. The first kappa shape index (κ1) is 26.8. The van der Waals surface area contributed by atoms with Gasteiger partial charge in [0.05, 0.1) is 27.9 Å². The third-order valence-electron chi connectivity index (χ3n) is 10.00. The summed E-state index contributed by atoms with van der Waals surface area (Å²) >= 11 is 1.88. The van der Waals surface area contributed by atoms with Crippen molar-refractivity contribution < 1.29 is 4.42 Å². The summed E-state index contributed by atoms with van der Waals surface area (Å²) in [7, 11) is 0. The molecule has 0 amide bonds. The van der Waals surface area contributed by atoms with Gasteiger partial charge in [-0.15, -0.1) is 11.3 Å². The highest BCUT2D eigenvalue weighted by Gasteiger charge is 2.21. The smallest absolute Gasteiger partial charge is 0.159 e. The van der Waals surface area contributed by atoms with Gasteiger partial charge in [0, 0.05) is 52.7 Å². The van der Waals surface area contributed by atoms with E-state index in [0.717, 1.165) is 49.8 Å². The molecule has 4 heteroatoms. The van der Waals surface area contributed by atoms with Crippen molar-refractivity contribution in [3.63, 3.8) is 0 Å². The highest BCUT2D eigenvalue weighted by atomic mass is 32.1. The van der Waals surface area contributed by atoms with Gasteiger partial charge in [0.25, 0.3) is 0 Å². The predicted octanol–water partition coefficient (Wildman–Crippen LogP) is 12.9. The molecule has 11 rings (SSSR count). The van der Waals surface area contributed by atoms with Crippen LogP contribution in [-0.4, -0.2) is 9.55 Å². The molecule has 0 atom stereocenters. The van der Waals surface area contributed by atoms with Crippen molar-refractivity contribution in [2.75, 3.05) is 0 Å². The van der Waals surface area contributed by atoms with Crippen LogP contribution in [0.15, 0.2) is 162 Å².